The minimum Gasteiger partial charge on any atom is -0.454 e. The van der Waals surface area contributed by atoms with E-state index in [4.69, 9.17) is 14.2 Å². The van der Waals surface area contributed by atoms with Crippen molar-refractivity contribution in [3.05, 3.63) is 84.2 Å². The Kier molecular flexibility index (Phi) is 5.65. The van der Waals surface area contributed by atoms with E-state index in [1.54, 1.807) is 42.7 Å². The summed E-state index contributed by atoms with van der Waals surface area (Å²) >= 11 is 0. The highest BCUT2D eigenvalue weighted by Gasteiger charge is 2.12. The molecule has 0 bridgehead atoms. The summed E-state index contributed by atoms with van der Waals surface area (Å²) in [5.74, 6) is 2.77. The minimum absolute atomic E-state index is 0.213. The predicted octanol–water partition coefficient (Wildman–Crippen LogP) is 4.45. The maximum atomic E-state index is 12.3. The first kappa shape index (κ1) is 21.2. The lowest BCUT2D eigenvalue weighted by molar-refractivity contribution is -0.111. The van der Waals surface area contributed by atoms with Crippen molar-refractivity contribution in [1.82, 2.24) is 19.5 Å². The van der Waals surface area contributed by atoms with Gasteiger partial charge in [-0.1, -0.05) is 6.07 Å². The van der Waals surface area contributed by atoms with E-state index in [-0.39, 0.29) is 12.7 Å². The quantitative estimate of drug-likeness (QED) is 0.429. The van der Waals surface area contributed by atoms with Crippen molar-refractivity contribution in [1.29, 1.82) is 0 Å². The molecule has 34 heavy (non-hydrogen) atoms. The molecule has 3 heterocycles. The molecule has 4 aromatic rings. The third-order valence-corrected chi connectivity index (χ3v) is 5.29. The van der Waals surface area contributed by atoms with Gasteiger partial charge in [0.1, 0.15) is 24.2 Å². The Balaban J connectivity index is 1.21. The molecule has 1 N–H and O–H groups in total. The number of ether oxygens (including phenoxy) is 3. The number of amides is 1. The number of aromatic nitrogens is 4. The van der Waals surface area contributed by atoms with E-state index in [9.17, 15) is 4.79 Å². The number of hydrogen-bond donors (Lipinski definition) is 1. The topological polar surface area (TPSA) is 100 Å². The number of carbonyl (C=O) groups excluding carboxylic acids is 1. The molecular weight excluding hydrogens is 434 g/mol. The second-order valence-corrected chi connectivity index (χ2v) is 7.56. The molecule has 0 saturated carbocycles. The van der Waals surface area contributed by atoms with Crippen molar-refractivity contribution in [2.45, 2.75) is 13.8 Å². The van der Waals surface area contributed by atoms with Gasteiger partial charge in [0, 0.05) is 23.5 Å². The Labute approximate surface area is 195 Å². The summed E-state index contributed by atoms with van der Waals surface area (Å²) in [6.07, 6.45) is 6.34. The van der Waals surface area contributed by atoms with Gasteiger partial charge in [0.05, 0.1) is 5.69 Å². The lowest BCUT2D eigenvalue weighted by atomic mass is 10.2. The van der Waals surface area contributed by atoms with Gasteiger partial charge in [0.15, 0.2) is 11.5 Å². The van der Waals surface area contributed by atoms with Crippen molar-refractivity contribution >= 4 is 17.7 Å². The lowest BCUT2D eigenvalue weighted by Gasteiger charge is -2.09. The van der Waals surface area contributed by atoms with Crippen molar-refractivity contribution in [3.8, 4) is 28.9 Å². The minimum atomic E-state index is -0.252. The van der Waals surface area contributed by atoms with Crippen molar-refractivity contribution in [3.63, 3.8) is 0 Å². The third kappa shape index (κ3) is 4.58. The summed E-state index contributed by atoms with van der Waals surface area (Å²) in [5, 5.41) is 2.82. The Morgan fingerprint density at radius 1 is 1.03 bits per heavy atom. The van der Waals surface area contributed by atoms with Crippen molar-refractivity contribution in [2.24, 2.45) is 0 Å². The molecule has 0 radical (unpaired) electrons. The van der Waals surface area contributed by atoms with Crippen LogP contribution in [0.25, 0.3) is 11.9 Å². The second-order valence-electron chi connectivity index (χ2n) is 7.56. The van der Waals surface area contributed by atoms with Crippen molar-refractivity contribution < 1.29 is 19.0 Å². The van der Waals surface area contributed by atoms with Crippen LogP contribution in [0, 0.1) is 13.8 Å². The number of benzene rings is 2. The SMILES string of the molecule is Cc1ncn(-c2cc(Oc3ccc(NC(=O)/C=C/c4ccc5c(c4)OCO5)cc3)ncn2)c1C. The van der Waals surface area contributed by atoms with Gasteiger partial charge in [0.25, 0.3) is 0 Å². The number of aryl methyl sites for hydroxylation is 1. The van der Waals surface area contributed by atoms with E-state index in [2.05, 4.69) is 20.3 Å². The standard InChI is InChI=1S/C25H21N5O4/c1-16-17(2)30(14-28-16)23-12-25(27-13-26-23)34-20-7-5-19(6-8-20)29-24(31)10-4-18-3-9-21-22(11-18)33-15-32-21/h3-14H,15H2,1-2H3,(H,29,31)/b10-4+. The highest BCUT2D eigenvalue weighted by molar-refractivity contribution is 6.02. The average Bonchev–Trinajstić information content (AvgIpc) is 3.45. The average molecular weight is 455 g/mol. The molecule has 170 valence electrons. The number of hydrogen-bond acceptors (Lipinski definition) is 7. The first-order valence-corrected chi connectivity index (χ1v) is 10.5. The maximum absolute atomic E-state index is 12.3. The zero-order chi connectivity index (χ0) is 23.5. The van der Waals surface area contributed by atoms with Gasteiger partial charge in [-0.3, -0.25) is 9.36 Å². The summed E-state index contributed by atoms with van der Waals surface area (Å²) in [6.45, 7) is 4.13. The summed E-state index contributed by atoms with van der Waals surface area (Å²) < 4.78 is 18.4. The zero-order valence-electron chi connectivity index (χ0n) is 18.6. The number of nitrogens with one attached hydrogen (secondary N) is 1. The van der Waals surface area contributed by atoms with Crippen LogP contribution in [0.5, 0.6) is 23.1 Å². The highest BCUT2D eigenvalue weighted by Crippen LogP contribution is 2.32. The lowest BCUT2D eigenvalue weighted by Crippen LogP contribution is -2.07. The van der Waals surface area contributed by atoms with E-state index in [1.807, 2.05) is 36.6 Å². The van der Waals surface area contributed by atoms with Gasteiger partial charge in [0.2, 0.25) is 18.6 Å². The molecule has 0 aliphatic carbocycles. The fourth-order valence-corrected chi connectivity index (χ4v) is 3.35. The van der Waals surface area contributed by atoms with Crippen molar-refractivity contribution in [2.75, 3.05) is 12.1 Å². The Hall–Kier alpha value is -4.66. The molecule has 1 aliphatic rings. The molecule has 9 nitrogen and oxygen atoms in total. The summed E-state index contributed by atoms with van der Waals surface area (Å²) in [4.78, 5) is 25.1. The highest BCUT2D eigenvalue weighted by atomic mass is 16.7. The number of carbonyl (C=O) groups is 1. The maximum Gasteiger partial charge on any atom is 0.248 e. The van der Waals surface area contributed by atoms with Gasteiger partial charge in [-0.25, -0.2) is 15.0 Å². The van der Waals surface area contributed by atoms with Crippen LogP contribution in [0.15, 0.2) is 67.3 Å². The normalized spacial score (nSPS) is 12.2. The summed E-state index contributed by atoms with van der Waals surface area (Å²) in [6, 6.07) is 14.3. The van der Waals surface area contributed by atoms with Crippen LogP contribution in [-0.4, -0.2) is 32.2 Å². The predicted molar refractivity (Wildman–Crippen MR) is 125 cm³/mol. The third-order valence-electron chi connectivity index (χ3n) is 5.29. The van der Waals surface area contributed by atoms with Crippen LogP contribution in [0.3, 0.4) is 0 Å². The molecule has 1 amide bonds. The van der Waals surface area contributed by atoms with E-state index < -0.39 is 0 Å². The molecule has 2 aromatic heterocycles. The van der Waals surface area contributed by atoms with Crippen LogP contribution < -0.4 is 19.5 Å². The molecule has 0 unspecified atom stereocenters. The second kappa shape index (κ2) is 9.07. The Morgan fingerprint density at radius 2 is 1.85 bits per heavy atom. The van der Waals surface area contributed by atoms with Gasteiger partial charge in [-0.15, -0.1) is 0 Å². The van der Waals surface area contributed by atoms with Crippen LogP contribution in [0.4, 0.5) is 5.69 Å². The Morgan fingerprint density at radius 3 is 2.65 bits per heavy atom. The van der Waals surface area contributed by atoms with Gasteiger partial charge in [-0.05, 0) is 61.9 Å². The fourth-order valence-electron chi connectivity index (χ4n) is 3.35. The van der Waals surface area contributed by atoms with Crippen LogP contribution in [-0.2, 0) is 4.79 Å². The van der Waals surface area contributed by atoms with E-state index in [0.29, 0.717) is 34.6 Å². The van der Waals surface area contributed by atoms with Crippen LogP contribution in [0.2, 0.25) is 0 Å². The summed E-state index contributed by atoms with van der Waals surface area (Å²) in [7, 11) is 0. The number of anilines is 1. The fraction of sp³-hybridized carbons (Fsp3) is 0.120. The van der Waals surface area contributed by atoms with E-state index >= 15 is 0 Å². The number of nitrogens with zero attached hydrogens (tertiary/aromatic N) is 4. The molecule has 0 atom stereocenters. The molecule has 0 saturated heterocycles. The van der Waals surface area contributed by atoms with E-state index in [0.717, 1.165) is 17.0 Å². The van der Waals surface area contributed by atoms with Gasteiger partial charge in [-0.2, -0.15) is 0 Å². The molecule has 9 heteroatoms. The smallest absolute Gasteiger partial charge is 0.248 e. The van der Waals surface area contributed by atoms with E-state index in [1.165, 1.54) is 12.4 Å². The molecule has 1 aliphatic heterocycles. The largest absolute Gasteiger partial charge is 0.454 e. The van der Waals surface area contributed by atoms with Crippen LogP contribution >= 0.6 is 0 Å². The molecular formula is C25H21N5O4. The number of rotatable bonds is 6. The molecule has 0 fully saturated rings. The summed E-state index contributed by atoms with van der Waals surface area (Å²) in [5.41, 5.74) is 3.41. The first-order valence-electron chi connectivity index (χ1n) is 10.5. The zero-order valence-corrected chi connectivity index (χ0v) is 18.6. The molecule has 0 spiro atoms. The monoisotopic (exact) mass is 455 g/mol. The Bertz CT molecular complexity index is 1380. The first-order chi connectivity index (χ1) is 16.5. The molecule has 2 aromatic carbocycles. The number of fused-ring (bicyclic) bond motifs is 1. The number of imidazole rings is 1. The van der Waals surface area contributed by atoms with Gasteiger partial charge >= 0.3 is 0 Å². The van der Waals surface area contributed by atoms with Crippen LogP contribution in [0.1, 0.15) is 17.0 Å². The van der Waals surface area contributed by atoms with Gasteiger partial charge < -0.3 is 19.5 Å². The molecule has 5 rings (SSSR count).